The zero-order chi connectivity index (χ0) is 13.8. The summed E-state index contributed by atoms with van der Waals surface area (Å²) in [5, 5.41) is 9.77. The quantitative estimate of drug-likeness (QED) is 0.669. The number of carbonyl (C=O) groups is 1. The molecule has 0 saturated heterocycles. The van der Waals surface area contributed by atoms with Crippen molar-refractivity contribution >= 4 is 29.2 Å². The molecule has 0 atom stereocenters. The van der Waals surface area contributed by atoms with Gasteiger partial charge in [0.25, 0.3) is 0 Å². The summed E-state index contributed by atoms with van der Waals surface area (Å²) in [6.07, 6.45) is 1.63. The fourth-order valence-electron chi connectivity index (χ4n) is 1.76. The third kappa shape index (κ3) is 3.24. The standard InChI is InChI=1S/C16H13ClO2/c1-11-6-8-12(9-7-11)10-14(16(18)19)13-4-2-3-5-15(13)17/h2-10H,1H3,(H,18,19). The molecule has 0 bridgehead atoms. The Morgan fingerprint density at radius 1 is 1.11 bits per heavy atom. The van der Waals surface area contributed by atoms with Crippen LogP contribution in [0, 0.1) is 6.92 Å². The van der Waals surface area contributed by atoms with Gasteiger partial charge in [0.05, 0.1) is 5.57 Å². The minimum absolute atomic E-state index is 0.189. The molecular formula is C16H13ClO2. The van der Waals surface area contributed by atoms with E-state index < -0.39 is 5.97 Å². The van der Waals surface area contributed by atoms with Gasteiger partial charge < -0.3 is 5.11 Å². The van der Waals surface area contributed by atoms with E-state index >= 15 is 0 Å². The van der Waals surface area contributed by atoms with Crippen LogP contribution in [0.5, 0.6) is 0 Å². The molecule has 0 aliphatic rings. The van der Waals surface area contributed by atoms with E-state index in [-0.39, 0.29) is 5.57 Å². The van der Waals surface area contributed by atoms with Crippen LogP contribution in [0.2, 0.25) is 5.02 Å². The van der Waals surface area contributed by atoms with Crippen molar-refractivity contribution in [1.82, 2.24) is 0 Å². The lowest BCUT2D eigenvalue weighted by molar-refractivity contribution is -0.130. The predicted molar refractivity (Wildman–Crippen MR) is 78.1 cm³/mol. The van der Waals surface area contributed by atoms with Gasteiger partial charge in [0.1, 0.15) is 0 Å². The summed E-state index contributed by atoms with van der Waals surface area (Å²) in [5.41, 5.74) is 2.68. The van der Waals surface area contributed by atoms with E-state index in [1.165, 1.54) is 0 Å². The first-order chi connectivity index (χ1) is 9.08. The summed E-state index contributed by atoms with van der Waals surface area (Å²) in [5.74, 6) is -0.992. The summed E-state index contributed by atoms with van der Waals surface area (Å²) in [7, 11) is 0. The van der Waals surface area contributed by atoms with Crippen LogP contribution in [0.3, 0.4) is 0 Å². The lowest BCUT2D eigenvalue weighted by Gasteiger charge is -2.05. The van der Waals surface area contributed by atoms with Crippen LogP contribution in [0.15, 0.2) is 48.5 Å². The highest BCUT2D eigenvalue weighted by molar-refractivity contribution is 6.35. The molecule has 2 aromatic rings. The van der Waals surface area contributed by atoms with Gasteiger partial charge in [-0.1, -0.05) is 59.6 Å². The van der Waals surface area contributed by atoms with E-state index in [0.29, 0.717) is 10.6 Å². The molecule has 0 fully saturated rings. The van der Waals surface area contributed by atoms with Crippen LogP contribution in [-0.4, -0.2) is 11.1 Å². The van der Waals surface area contributed by atoms with Crippen molar-refractivity contribution in [3.8, 4) is 0 Å². The number of hydrogen-bond acceptors (Lipinski definition) is 1. The van der Waals surface area contributed by atoms with E-state index in [2.05, 4.69) is 0 Å². The summed E-state index contributed by atoms with van der Waals surface area (Å²) in [6, 6.07) is 14.6. The molecule has 2 rings (SSSR count). The van der Waals surface area contributed by atoms with Crippen molar-refractivity contribution in [3.05, 3.63) is 70.2 Å². The molecule has 2 aromatic carbocycles. The first-order valence-corrected chi connectivity index (χ1v) is 6.22. The van der Waals surface area contributed by atoms with Gasteiger partial charge in [0.15, 0.2) is 0 Å². The van der Waals surface area contributed by atoms with Crippen LogP contribution in [0.25, 0.3) is 11.6 Å². The number of benzene rings is 2. The molecule has 1 N–H and O–H groups in total. The molecular weight excluding hydrogens is 260 g/mol. The molecule has 2 nitrogen and oxygen atoms in total. The Labute approximate surface area is 117 Å². The van der Waals surface area contributed by atoms with Crippen molar-refractivity contribution < 1.29 is 9.90 Å². The number of carboxylic acids is 1. The minimum Gasteiger partial charge on any atom is -0.478 e. The Hall–Kier alpha value is -2.06. The SMILES string of the molecule is Cc1ccc(C=C(C(=O)O)c2ccccc2Cl)cc1. The van der Waals surface area contributed by atoms with Gasteiger partial charge >= 0.3 is 5.97 Å². The highest BCUT2D eigenvalue weighted by Gasteiger charge is 2.13. The van der Waals surface area contributed by atoms with Gasteiger partial charge in [-0.15, -0.1) is 0 Å². The summed E-state index contributed by atoms with van der Waals surface area (Å²) >= 11 is 6.05. The zero-order valence-electron chi connectivity index (χ0n) is 10.4. The summed E-state index contributed by atoms with van der Waals surface area (Å²) in [6.45, 7) is 1.99. The Bertz CT molecular complexity index is 627. The number of rotatable bonds is 3. The summed E-state index contributed by atoms with van der Waals surface area (Å²) < 4.78 is 0. The fourth-order valence-corrected chi connectivity index (χ4v) is 2.00. The number of carboxylic acid groups (broad SMARTS) is 1. The third-order valence-corrected chi connectivity index (χ3v) is 3.11. The zero-order valence-corrected chi connectivity index (χ0v) is 11.2. The van der Waals surface area contributed by atoms with Gasteiger partial charge in [0, 0.05) is 10.6 Å². The molecule has 0 heterocycles. The van der Waals surface area contributed by atoms with Gasteiger partial charge in [-0.25, -0.2) is 4.79 Å². The van der Waals surface area contributed by atoms with Crippen LogP contribution in [0.1, 0.15) is 16.7 Å². The first kappa shape index (κ1) is 13.4. The summed E-state index contributed by atoms with van der Waals surface area (Å²) in [4.78, 5) is 11.4. The fraction of sp³-hybridized carbons (Fsp3) is 0.0625. The molecule has 0 unspecified atom stereocenters. The average Bonchev–Trinajstić information content (AvgIpc) is 2.39. The highest BCUT2D eigenvalue weighted by atomic mass is 35.5. The second kappa shape index (κ2) is 5.72. The maximum atomic E-state index is 11.4. The molecule has 0 aliphatic carbocycles. The monoisotopic (exact) mass is 272 g/mol. The molecule has 0 radical (unpaired) electrons. The van der Waals surface area contributed by atoms with E-state index in [9.17, 15) is 9.90 Å². The molecule has 0 aromatic heterocycles. The Morgan fingerprint density at radius 2 is 1.74 bits per heavy atom. The van der Waals surface area contributed by atoms with E-state index in [1.54, 1.807) is 30.3 Å². The van der Waals surface area contributed by atoms with Crippen molar-refractivity contribution in [2.45, 2.75) is 6.92 Å². The second-order valence-electron chi connectivity index (χ2n) is 4.25. The maximum Gasteiger partial charge on any atom is 0.336 e. The molecule has 0 aliphatic heterocycles. The molecule has 96 valence electrons. The normalized spacial score (nSPS) is 11.4. The van der Waals surface area contributed by atoms with Crippen molar-refractivity contribution in [1.29, 1.82) is 0 Å². The predicted octanol–water partition coefficient (Wildman–Crippen LogP) is 4.27. The van der Waals surface area contributed by atoms with Gasteiger partial charge in [-0.2, -0.15) is 0 Å². The molecule has 0 amide bonds. The third-order valence-electron chi connectivity index (χ3n) is 2.78. The molecule has 3 heteroatoms. The van der Waals surface area contributed by atoms with Gasteiger partial charge in [-0.3, -0.25) is 0 Å². The molecule has 0 saturated carbocycles. The van der Waals surface area contributed by atoms with E-state index in [1.807, 2.05) is 31.2 Å². The van der Waals surface area contributed by atoms with Crippen LogP contribution in [-0.2, 0) is 4.79 Å². The largest absolute Gasteiger partial charge is 0.478 e. The topological polar surface area (TPSA) is 37.3 Å². The van der Waals surface area contributed by atoms with Crippen LogP contribution in [0.4, 0.5) is 0 Å². The minimum atomic E-state index is -0.992. The van der Waals surface area contributed by atoms with E-state index in [0.717, 1.165) is 11.1 Å². The first-order valence-electron chi connectivity index (χ1n) is 5.84. The molecule has 19 heavy (non-hydrogen) atoms. The van der Waals surface area contributed by atoms with Crippen LogP contribution < -0.4 is 0 Å². The average molecular weight is 273 g/mol. The number of hydrogen-bond donors (Lipinski definition) is 1. The van der Waals surface area contributed by atoms with E-state index in [4.69, 9.17) is 11.6 Å². The highest BCUT2D eigenvalue weighted by Crippen LogP contribution is 2.25. The lowest BCUT2D eigenvalue weighted by atomic mass is 10.0. The Balaban J connectivity index is 2.50. The number of aryl methyl sites for hydroxylation is 1. The van der Waals surface area contributed by atoms with Crippen molar-refractivity contribution in [3.63, 3.8) is 0 Å². The van der Waals surface area contributed by atoms with Gasteiger partial charge in [0.2, 0.25) is 0 Å². The molecule has 0 spiro atoms. The second-order valence-corrected chi connectivity index (χ2v) is 4.66. The Kier molecular flexibility index (Phi) is 4.03. The number of aliphatic carboxylic acids is 1. The van der Waals surface area contributed by atoms with Crippen molar-refractivity contribution in [2.24, 2.45) is 0 Å². The van der Waals surface area contributed by atoms with Gasteiger partial charge in [-0.05, 0) is 24.6 Å². The lowest BCUT2D eigenvalue weighted by Crippen LogP contribution is -2.00. The van der Waals surface area contributed by atoms with Crippen LogP contribution >= 0.6 is 11.6 Å². The van der Waals surface area contributed by atoms with Crippen molar-refractivity contribution in [2.75, 3.05) is 0 Å². The Morgan fingerprint density at radius 3 is 2.32 bits per heavy atom. The number of halogens is 1. The smallest absolute Gasteiger partial charge is 0.336 e. The maximum absolute atomic E-state index is 11.4.